The zero-order chi connectivity index (χ0) is 22.0. The molecule has 0 saturated carbocycles. The zero-order valence-electron chi connectivity index (χ0n) is 16.7. The molecule has 4 rings (SSSR count). The Morgan fingerprint density at radius 2 is 1.83 bits per heavy atom. The van der Waals surface area contributed by atoms with Crippen molar-refractivity contribution in [3.63, 3.8) is 0 Å². The van der Waals surface area contributed by atoms with E-state index in [9.17, 15) is 18.0 Å². The second-order valence-electron chi connectivity index (χ2n) is 7.29. The van der Waals surface area contributed by atoms with Gasteiger partial charge in [0.1, 0.15) is 0 Å². The Balaban J connectivity index is 2.04. The van der Waals surface area contributed by atoms with Crippen LogP contribution in [0, 0.1) is 6.92 Å². The number of aryl methyl sites for hydroxylation is 2. The van der Waals surface area contributed by atoms with Crippen LogP contribution in [0.2, 0.25) is 0 Å². The van der Waals surface area contributed by atoms with E-state index in [2.05, 4.69) is 11.6 Å². The quantitative estimate of drug-likeness (QED) is 0.478. The number of fused-ring (bicyclic) bond motifs is 3. The SMILES string of the molecule is C=C(C)Cn1c(=O)c2c(nc3n(-c4ccc(S(N)(=O)=O)cc4)c(C)cn23)n(C)c1=O. The first-order valence-corrected chi connectivity index (χ1v) is 10.5. The Morgan fingerprint density at radius 3 is 2.40 bits per heavy atom. The molecule has 4 aromatic rings. The van der Waals surface area contributed by atoms with Crippen LogP contribution < -0.4 is 16.4 Å². The molecule has 10 nitrogen and oxygen atoms in total. The van der Waals surface area contributed by atoms with E-state index in [0.717, 1.165) is 10.3 Å². The molecule has 0 aliphatic rings. The molecule has 2 N–H and O–H groups in total. The fourth-order valence-electron chi connectivity index (χ4n) is 3.52. The first-order valence-electron chi connectivity index (χ1n) is 8.98. The number of allylic oxidation sites excluding steroid dienone is 1. The number of benzene rings is 1. The molecule has 0 bridgehead atoms. The van der Waals surface area contributed by atoms with Gasteiger partial charge >= 0.3 is 5.69 Å². The van der Waals surface area contributed by atoms with Crippen molar-refractivity contribution in [2.45, 2.75) is 25.3 Å². The Labute approximate surface area is 171 Å². The summed E-state index contributed by atoms with van der Waals surface area (Å²) in [5, 5.41) is 5.17. The van der Waals surface area contributed by atoms with E-state index in [-0.39, 0.29) is 22.6 Å². The molecule has 0 unspecified atom stereocenters. The van der Waals surface area contributed by atoms with E-state index in [1.807, 2.05) is 6.92 Å². The molecule has 0 amide bonds. The second kappa shape index (κ2) is 6.54. The molecule has 3 heterocycles. The molecule has 0 aliphatic carbocycles. The lowest BCUT2D eigenvalue weighted by atomic mass is 10.3. The molecule has 11 heteroatoms. The van der Waals surface area contributed by atoms with Crippen LogP contribution in [0.3, 0.4) is 0 Å². The van der Waals surface area contributed by atoms with Crippen molar-refractivity contribution in [1.29, 1.82) is 0 Å². The topological polar surface area (TPSA) is 126 Å². The Morgan fingerprint density at radius 1 is 1.20 bits per heavy atom. The number of nitrogens with two attached hydrogens (primary N) is 1. The number of primary sulfonamides is 1. The molecule has 156 valence electrons. The molecule has 0 radical (unpaired) electrons. The van der Waals surface area contributed by atoms with Gasteiger partial charge in [-0.2, -0.15) is 4.98 Å². The van der Waals surface area contributed by atoms with E-state index in [4.69, 9.17) is 5.14 Å². The van der Waals surface area contributed by atoms with E-state index >= 15 is 0 Å². The zero-order valence-corrected chi connectivity index (χ0v) is 17.5. The highest BCUT2D eigenvalue weighted by Crippen LogP contribution is 2.22. The van der Waals surface area contributed by atoms with Gasteiger partial charge in [-0.25, -0.2) is 18.4 Å². The average Bonchev–Trinajstić information content (AvgIpc) is 3.17. The number of nitrogens with zero attached hydrogens (tertiary/aromatic N) is 5. The minimum Gasteiger partial charge on any atom is -0.283 e. The second-order valence-corrected chi connectivity index (χ2v) is 8.85. The first-order chi connectivity index (χ1) is 14.0. The molecular weight excluding hydrogens is 408 g/mol. The van der Waals surface area contributed by atoms with E-state index in [1.165, 1.54) is 16.7 Å². The van der Waals surface area contributed by atoms with Gasteiger partial charge in [0.05, 0.1) is 11.4 Å². The summed E-state index contributed by atoms with van der Waals surface area (Å²) in [6.07, 6.45) is 1.75. The van der Waals surface area contributed by atoms with E-state index < -0.39 is 21.3 Å². The van der Waals surface area contributed by atoms with Crippen LogP contribution in [0.4, 0.5) is 0 Å². The maximum atomic E-state index is 13.1. The minimum atomic E-state index is -3.81. The van der Waals surface area contributed by atoms with Crippen LogP contribution in [0.25, 0.3) is 22.6 Å². The average molecular weight is 428 g/mol. The molecule has 0 saturated heterocycles. The number of hydrogen-bond donors (Lipinski definition) is 1. The largest absolute Gasteiger partial charge is 0.332 e. The van der Waals surface area contributed by atoms with Gasteiger partial charge in [-0.05, 0) is 38.1 Å². The highest BCUT2D eigenvalue weighted by molar-refractivity contribution is 7.89. The Hall–Kier alpha value is -3.44. The van der Waals surface area contributed by atoms with Crippen LogP contribution in [-0.2, 0) is 23.6 Å². The number of rotatable bonds is 4. The van der Waals surface area contributed by atoms with Crippen molar-refractivity contribution in [2.75, 3.05) is 0 Å². The third-order valence-corrected chi connectivity index (χ3v) is 5.81. The summed E-state index contributed by atoms with van der Waals surface area (Å²) in [6.45, 7) is 7.48. The van der Waals surface area contributed by atoms with Crippen LogP contribution in [0.15, 0.2) is 57.1 Å². The third kappa shape index (κ3) is 2.90. The van der Waals surface area contributed by atoms with Crippen molar-refractivity contribution in [3.8, 4) is 5.69 Å². The van der Waals surface area contributed by atoms with Gasteiger partial charge in [-0.15, -0.1) is 0 Å². The molecule has 0 atom stereocenters. The van der Waals surface area contributed by atoms with Gasteiger partial charge in [0, 0.05) is 24.6 Å². The lowest BCUT2D eigenvalue weighted by Crippen LogP contribution is -2.39. The van der Waals surface area contributed by atoms with Crippen LogP contribution in [0.1, 0.15) is 12.6 Å². The summed E-state index contributed by atoms with van der Waals surface area (Å²) >= 11 is 0. The van der Waals surface area contributed by atoms with Gasteiger partial charge in [0.15, 0.2) is 11.2 Å². The monoisotopic (exact) mass is 428 g/mol. The Bertz CT molecular complexity index is 1570. The first kappa shape index (κ1) is 19.9. The third-order valence-electron chi connectivity index (χ3n) is 4.88. The van der Waals surface area contributed by atoms with Crippen molar-refractivity contribution < 1.29 is 8.42 Å². The maximum absolute atomic E-state index is 13.1. The summed E-state index contributed by atoms with van der Waals surface area (Å²) in [7, 11) is -2.25. The fourth-order valence-corrected chi connectivity index (χ4v) is 4.04. The summed E-state index contributed by atoms with van der Waals surface area (Å²) < 4.78 is 28.9. The Kier molecular flexibility index (Phi) is 4.33. The predicted octanol–water partition coefficient (Wildman–Crippen LogP) is 0.671. The van der Waals surface area contributed by atoms with Crippen molar-refractivity contribution >= 4 is 27.0 Å². The van der Waals surface area contributed by atoms with Crippen molar-refractivity contribution in [3.05, 3.63) is 69.1 Å². The van der Waals surface area contributed by atoms with Crippen molar-refractivity contribution in [1.82, 2.24) is 23.1 Å². The van der Waals surface area contributed by atoms with Gasteiger partial charge in [-0.1, -0.05) is 12.2 Å². The molecule has 3 aromatic heterocycles. The molecule has 0 fully saturated rings. The van der Waals surface area contributed by atoms with Gasteiger partial charge in [0.2, 0.25) is 15.8 Å². The van der Waals surface area contributed by atoms with E-state index in [0.29, 0.717) is 17.0 Å². The number of imidazole rings is 2. The summed E-state index contributed by atoms with van der Waals surface area (Å²) in [6, 6.07) is 6.01. The smallest absolute Gasteiger partial charge is 0.283 e. The lowest BCUT2D eigenvalue weighted by molar-refractivity contribution is 0.598. The number of sulfonamides is 1. The molecule has 1 aromatic carbocycles. The van der Waals surface area contributed by atoms with E-state index in [1.54, 1.807) is 41.3 Å². The predicted molar refractivity (Wildman–Crippen MR) is 112 cm³/mol. The molecule has 0 aliphatic heterocycles. The highest BCUT2D eigenvalue weighted by atomic mass is 32.2. The highest BCUT2D eigenvalue weighted by Gasteiger charge is 2.21. The number of hydrogen-bond acceptors (Lipinski definition) is 5. The number of aromatic nitrogens is 5. The molecule has 0 spiro atoms. The normalized spacial score (nSPS) is 12.1. The van der Waals surface area contributed by atoms with Gasteiger partial charge in [0.25, 0.3) is 5.56 Å². The minimum absolute atomic E-state index is 0.00865. The lowest BCUT2D eigenvalue weighted by Gasteiger charge is -2.07. The standard InChI is InChI=1S/C19H20N6O4S/c1-11(2)9-24-17(26)15-16(22(4)19(24)27)21-18-23(15)10-12(3)25(18)13-5-7-14(8-6-13)30(20,28)29/h5-8,10H,1,9H2,2-4H3,(H2,20,28,29). The van der Waals surface area contributed by atoms with Crippen LogP contribution in [0.5, 0.6) is 0 Å². The van der Waals surface area contributed by atoms with Crippen LogP contribution >= 0.6 is 0 Å². The summed E-state index contributed by atoms with van der Waals surface area (Å²) in [4.78, 5) is 30.3. The molecular formula is C19H20N6O4S. The summed E-state index contributed by atoms with van der Waals surface area (Å²) in [5.41, 5.74) is 1.68. The fraction of sp³-hybridized carbons (Fsp3) is 0.211. The van der Waals surface area contributed by atoms with Gasteiger partial charge in [-0.3, -0.25) is 22.9 Å². The molecule has 30 heavy (non-hydrogen) atoms. The van der Waals surface area contributed by atoms with Gasteiger partial charge < -0.3 is 0 Å². The maximum Gasteiger partial charge on any atom is 0.332 e. The van der Waals surface area contributed by atoms with Crippen LogP contribution in [-0.4, -0.2) is 31.5 Å². The van der Waals surface area contributed by atoms with Crippen molar-refractivity contribution in [2.24, 2.45) is 12.2 Å². The summed E-state index contributed by atoms with van der Waals surface area (Å²) in [5.74, 6) is 0.422.